The number of benzene rings is 1. The highest BCUT2D eigenvalue weighted by Crippen LogP contribution is 2.40. The van der Waals surface area contributed by atoms with Crippen LogP contribution in [0.5, 0.6) is 5.75 Å². The minimum Gasteiger partial charge on any atom is -0.508 e. The second-order valence-electron chi connectivity index (χ2n) is 10.2. The molecule has 1 nitrogen and oxygen atoms in total. The van der Waals surface area contributed by atoms with E-state index in [1.807, 2.05) is 12.1 Å². The summed E-state index contributed by atoms with van der Waals surface area (Å²) in [7, 11) is 0. The van der Waals surface area contributed by atoms with E-state index in [0.29, 0.717) is 11.7 Å². The van der Waals surface area contributed by atoms with Gasteiger partial charge >= 0.3 is 0 Å². The van der Waals surface area contributed by atoms with Gasteiger partial charge in [0.15, 0.2) is 0 Å². The number of para-hydroxylation sites is 1. The van der Waals surface area contributed by atoms with Crippen LogP contribution in [0.25, 0.3) is 0 Å². The largest absolute Gasteiger partial charge is 0.508 e. The molecule has 0 fully saturated rings. The Morgan fingerprint density at radius 3 is 1.47 bits per heavy atom. The van der Waals surface area contributed by atoms with Crippen LogP contribution in [0.3, 0.4) is 0 Å². The number of phenolic OH excluding ortho intramolecular Hbond substituents is 1. The molecule has 32 heavy (non-hydrogen) atoms. The predicted octanol–water partition coefficient (Wildman–Crippen LogP) is 11.0. The fourth-order valence-corrected chi connectivity index (χ4v) is 5.33. The molecular weight excluding hydrogens is 388 g/mol. The molecule has 2 unspecified atom stereocenters. The van der Waals surface area contributed by atoms with E-state index in [1.165, 1.54) is 134 Å². The molecule has 1 rings (SSSR count). The molecular formula is C31H56O. The van der Waals surface area contributed by atoms with Gasteiger partial charge in [-0.1, -0.05) is 148 Å². The van der Waals surface area contributed by atoms with Crippen molar-refractivity contribution in [3.8, 4) is 5.75 Å². The van der Waals surface area contributed by atoms with E-state index >= 15 is 0 Å². The summed E-state index contributed by atoms with van der Waals surface area (Å²) in [4.78, 5) is 0. The topological polar surface area (TPSA) is 20.2 Å². The van der Waals surface area contributed by atoms with E-state index in [1.54, 1.807) is 0 Å². The van der Waals surface area contributed by atoms with Gasteiger partial charge in [-0.15, -0.1) is 0 Å². The van der Waals surface area contributed by atoms with Crippen molar-refractivity contribution in [3.63, 3.8) is 0 Å². The van der Waals surface area contributed by atoms with E-state index in [2.05, 4.69) is 32.9 Å². The van der Waals surface area contributed by atoms with Crippen LogP contribution >= 0.6 is 0 Å². The summed E-state index contributed by atoms with van der Waals surface area (Å²) in [5.41, 5.74) is 1.22. The number of aromatic hydroxyl groups is 1. The zero-order valence-electron chi connectivity index (χ0n) is 22.1. The van der Waals surface area contributed by atoms with Crippen LogP contribution in [0.15, 0.2) is 24.3 Å². The maximum absolute atomic E-state index is 10.7. The number of phenols is 1. The first-order valence-corrected chi connectivity index (χ1v) is 14.5. The van der Waals surface area contributed by atoms with Crippen molar-refractivity contribution in [1.82, 2.24) is 0 Å². The molecule has 1 N–H and O–H groups in total. The van der Waals surface area contributed by atoms with Crippen LogP contribution in [0.1, 0.15) is 161 Å². The molecule has 0 aliphatic heterocycles. The van der Waals surface area contributed by atoms with E-state index in [0.717, 1.165) is 5.92 Å². The van der Waals surface area contributed by atoms with Gasteiger partial charge in [0.25, 0.3) is 0 Å². The van der Waals surface area contributed by atoms with Crippen molar-refractivity contribution in [3.05, 3.63) is 29.8 Å². The summed E-state index contributed by atoms with van der Waals surface area (Å²) in [5, 5.41) is 10.7. The first kappa shape index (κ1) is 29.1. The van der Waals surface area contributed by atoms with Crippen LogP contribution in [0.4, 0.5) is 0 Å². The summed E-state index contributed by atoms with van der Waals surface area (Å²) in [6, 6.07) is 8.22. The molecule has 1 aromatic rings. The fraction of sp³-hybridized carbons (Fsp3) is 0.806. The maximum Gasteiger partial charge on any atom is 0.119 e. The van der Waals surface area contributed by atoms with Gasteiger partial charge in [0.2, 0.25) is 0 Å². The van der Waals surface area contributed by atoms with Crippen molar-refractivity contribution in [1.29, 1.82) is 0 Å². The maximum atomic E-state index is 10.7. The second kappa shape index (κ2) is 20.6. The molecule has 0 radical (unpaired) electrons. The van der Waals surface area contributed by atoms with Gasteiger partial charge < -0.3 is 5.11 Å². The quantitative estimate of drug-likeness (QED) is 0.176. The fourth-order valence-electron chi connectivity index (χ4n) is 5.33. The molecule has 0 bridgehead atoms. The Kier molecular flexibility index (Phi) is 18.7. The van der Waals surface area contributed by atoms with Crippen molar-refractivity contribution in [2.24, 2.45) is 5.92 Å². The van der Waals surface area contributed by atoms with Crippen molar-refractivity contribution < 1.29 is 5.11 Å². The van der Waals surface area contributed by atoms with Gasteiger partial charge in [-0.3, -0.25) is 0 Å². The minimum absolute atomic E-state index is 0.528. The third-order valence-electron chi connectivity index (χ3n) is 7.38. The zero-order chi connectivity index (χ0) is 23.3. The molecule has 0 spiro atoms. The molecule has 0 heterocycles. The Morgan fingerprint density at radius 1 is 0.531 bits per heavy atom. The molecule has 2 atom stereocenters. The monoisotopic (exact) mass is 444 g/mol. The molecule has 0 saturated carbocycles. The van der Waals surface area contributed by atoms with E-state index < -0.39 is 0 Å². The Bertz CT molecular complexity index is 523. The summed E-state index contributed by atoms with van der Waals surface area (Å²) in [5.74, 6) is 1.79. The molecule has 0 aliphatic carbocycles. The number of unbranched alkanes of at least 4 members (excludes halogenated alkanes) is 14. The van der Waals surface area contributed by atoms with Crippen LogP contribution < -0.4 is 0 Å². The molecule has 0 aliphatic rings. The molecule has 0 aromatic heterocycles. The summed E-state index contributed by atoms with van der Waals surface area (Å²) >= 11 is 0. The highest BCUT2D eigenvalue weighted by atomic mass is 16.3. The van der Waals surface area contributed by atoms with Crippen LogP contribution in [0, 0.1) is 5.92 Å². The molecule has 1 heteroatoms. The Balaban J connectivity index is 2.64. The lowest BCUT2D eigenvalue weighted by molar-refractivity contribution is 0.315. The summed E-state index contributed by atoms with van der Waals surface area (Å²) < 4.78 is 0. The highest BCUT2D eigenvalue weighted by molar-refractivity contribution is 5.35. The normalized spacial score (nSPS) is 13.3. The van der Waals surface area contributed by atoms with Gasteiger partial charge in [0, 0.05) is 0 Å². The lowest BCUT2D eigenvalue weighted by atomic mass is 9.76. The number of hydrogen-bond donors (Lipinski definition) is 1. The van der Waals surface area contributed by atoms with Gasteiger partial charge in [-0.25, -0.2) is 0 Å². The van der Waals surface area contributed by atoms with Crippen molar-refractivity contribution >= 4 is 0 Å². The lowest BCUT2D eigenvalue weighted by Gasteiger charge is -2.29. The van der Waals surface area contributed by atoms with Gasteiger partial charge in [0.05, 0.1) is 0 Å². The van der Waals surface area contributed by atoms with Gasteiger partial charge in [0.1, 0.15) is 5.75 Å². The standard InChI is InChI=1S/C31H56O/c1-4-7-10-12-13-14-15-17-20-25-29(30-26-21-22-27-31(30)32)28(23-18-9-6-3)24-19-16-11-8-5-2/h21-22,26-29,32H,4-20,23-25H2,1-3H3. The zero-order valence-corrected chi connectivity index (χ0v) is 22.1. The predicted molar refractivity (Wildman–Crippen MR) is 144 cm³/mol. The lowest BCUT2D eigenvalue weighted by Crippen LogP contribution is -2.14. The number of hydrogen-bond acceptors (Lipinski definition) is 1. The molecule has 0 amide bonds. The first-order valence-electron chi connectivity index (χ1n) is 14.5. The first-order chi connectivity index (χ1) is 15.7. The molecule has 186 valence electrons. The van der Waals surface area contributed by atoms with Gasteiger partial charge in [-0.05, 0) is 42.7 Å². The highest BCUT2D eigenvalue weighted by Gasteiger charge is 2.24. The van der Waals surface area contributed by atoms with Crippen molar-refractivity contribution in [2.45, 2.75) is 155 Å². The average molecular weight is 445 g/mol. The Labute approximate surface area is 201 Å². The Hall–Kier alpha value is -0.980. The van der Waals surface area contributed by atoms with Crippen LogP contribution in [0.2, 0.25) is 0 Å². The number of rotatable bonds is 22. The average Bonchev–Trinajstić information content (AvgIpc) is 2.80. The Morgan fingerprint density at radius 2 is 0.938 bits per heavy atom. The third-order valence-corrected chi connectivity index (χ3v) is 7.38. The second-order valence-corrected chi connectivity index (χ2v) is 10.2. The smallest absolute Gasteiger partial charge is 0.119 e. The molecule has 1 aromatic carbocycles. The summed E-state index contributed by atoms with van der Waals surface area (Å²) in [6.07, 6.45) is 27.2. The van der Waals surface area contributed by atoms with Crippen LogP contribution in [-0.4, -0.2) is 5.11 Å². The SMILES string of the molecule is CCCCCCCCCCCC(c1ccccc1O)C(CCCCC)CCCCCCC. The third kappa shape index (κ3) is 13.5. The summed E-state index contributed by atoms with van der Waals surface area (Å²) in [6.45, 7) is 6.90. The van der Waals surface area contributed by atoms with E-state index in [9.17, 15) is 5.11 Å². The molecule has 0 saturated heterocycles. The van der Waals surface area contributed by atoms with E-state index in [4.69, 9.17) is 0 Å². The minimum atomic E-state index is 0.528. The van der Waals surface area contributed by atoms with E-state index in [-0.39, 0.29) is 0 Å². The van der Waals surface area contributed by atoms with Crippen molar-refractivity contribution in [2.75, 3.05) is 0 Å². The van der Waals surface area contributed by atoms with Gasteiger partial charge in [-0.2, -0.15) is 0 Å². The van der Waals surface area contributed by atoms with Crippen LogP contribution in [-0.2, 0) is 0 Å².